The third-order valence-electron chi connectivity index (χ3n) is 0.534. The van der Waals surface area contributed by atoms with Crippen molar-refractivity contribution in [3.8, 4) is 0 Å². The largest absolute Gasteiger partial charge is 1.00 e. The molecule has 8 heavy (non-hydrogen) atoms. The Balaban J connectivity index is -0.000000180. The summed E-state index contributed by atoms with van der Waals surface area (Å²) in [5.74, 6) is -0.347. The van der Waals surface area contributed by atoms with Gasteiger partial charge in [-0.05, 0) is 6.92 Å². The predicted molar refractivity (Wildman–Crippen MR) is 27.9 cm³/mol. The van der Waals surface area contributed by atoms with Gasteiger partial charge in [0.15, 0.2) is 0 Å². The maximum Gasteiger partial charge on any atom is 1.00 e. The Morgan fingerprint density at radius 3 is 2.12 bits per heavy atom. The molecule has 0 amide bonds. The summed E-state index contributed by atoms with van der Waals surface area (Å²) >= 11 is 0. The van der Waals surface area contributed by atoms with Gasteiger partial charge in [0, 0.05) is 5.57 Å². The van der Waals surface area contributed by atoms with E-state index in [1.54, 1.807) is 6.92 Å². The zero-order chi connectivity index (χ0) is 5.86. The summed E-state index contributed by atoms with van der Waals surface area (Å²) in [7, 11) is 1.33. The molecule has 0 atom stereocenters. The Morgan fingerprint density at radius 1 is 1.75 bits per heavy atom. The molecule has 0 aliphatic rings. The minimum atomic E-state index is -0.347. The maximum atomic E-state index is 10.2. The molecule has 0 radical (unpaired) electrons. The third kappa shape index (κ3) is 4.99. The second kappa shape index (κ2) is 5.97. The third-order valence-corrected chi connectivity index (χ3v) is 0.534. The van der Waals surface area contributed by atoms with Crippen LogP contribution < -0.4 is 51.4 Å². The minimum Gasteiger partial charge on any atom is -1.00 e. The quantitative estimate of drug-likeness (QED) is 0.236. The second-order valence-electron chi connectivity index (χ2n) is 1.27. The topological polar surface area (TPSA) is 26.3 Å². The maximum absolute atomic E-state index is 10.2. The van der Waals surface area contributed by atoms with Gasteiger partial charge in [0.25, 0.3) is 0 Å². The van der Waals surface area contributed by atoms with Crippen LogP contribution >= 0.6 is 0 Å². The van der Waals surface area contributed by atoms with Crippen LogP contribution in [-0.2, 0) is 9.53 Å². The van der Waals surface area contributed by atoms with E-state index in [2.05, 4.69) is 11.3 Å². The first-order chi connectivity index (χ1) is 3.18. The van der Waals surface area contributed by atoms with E-state index < -0.39 is 0 Å². The molecule has 0 N–H and O–H groups in total. The van der Waals surface area contributed by atoms with E-state index in [0.29, 0.717) is 5.57 Å². The summed E-state index contributed by atoms with van der Waals surface area (Å²) in [5.41, 5.74) is 0.433. The Hall–Kier alpha value is 0.846. The smallest absolute Gasteiger partial charge is 1.00 e. The zero-order valence-corrected chi connectivity index (χ0v) is 8.65. The second-order valence-corrected chi connectivity index (χ2v) is 1.27. The van der Waals surface area contributed by atoms with Crippen LogP contribution in [0.5, 0.6) is 0 Å². The standard InChI is InChI=1S/C5H8O2.K.H/c1-4(2)5(6)7-3;;/h1H2,2-3H3;;/q;+1;-1. The van der Waals surface area contributed by atoms with E-state index in [0.717, 1.165) is 0 Å². The van der Waals surface area contributed by atoms with Crippen LogP contribution in [0.15, 0.2) is 12.2 Å². The number of hydrogen-bond donors (Lipinski definition) is 0. The molecular weight excluding hydrogens is 131 g/mol. The average molecular weight is 140 g/mol. The van der Waals surface area contributed by atoms with Crippen molar-refractivity contribution in [2.24, 2.45) is 0 Å². The normalized spacial score (nSPS) is 6.75. The van der Waals surface area contributed by atoms with Gasteiger partial charge in [0.05, 0.1) is 7.11 Å². The summed E-state index contributed by atoms with van der Waals surface area (Å²) < 4.78 is 4.27. The Morgan fingerprint density at radius 2 is 2.12 bits per heavy atom. The molecule has 0 bridgehead atoms. The molecule has 0 aromatic carbocycles. The first-order valence-electron chi connectivity index (χ1n) is 1.92. The van der Waals surface area contributed by atoms with Crippen molar-refractivity contribution in [3.63, 3.8) is 0 Å². The SMILES string of the molecule is C=C(C)C(=O)OC.[H-].[K+]. The number of carbonyl (C=O) groups excluding carboxylic acids is 1. The van der Waals surface area contributed by atoms with Crippen molar-refractivity contribution in [2.75, 3.05) is 7.11 Å². The van der Waals surface area contributed by atoms with Gasteiger partial charge in [0.1, 0.15) is 0 Å². The zero-order valence-electron chi connectivity index (χ0n) is 6.52. The molecule has 2 nitrogen and oxygen atoms in total. The fourth-order valence-corrected chi connectivity index (χ4v) is 0.174. The molecule has 0 aromatic heterocycles. The van der Waals surface area contributed by atoms with Crippen LogP contribution in [0, 0.1) is 0 Å². The molecule has 0 unspecified atom stereocenters. The van der Waals surface area contributed by atoms with Gasteiger partial charge in [-0.25, -0.2) is 4.79 Å². The van der Waals surface area contributed by atoms with E-state index in [9.17, 15) is 4.79 Å². The Kier molecular flexibility index (Phi) is 8.68. The number of ether oxygens (including phenoxy) is 1. The van der Waals surface area contributed by atoms with Crippen LogP contribution in [-0.4, -0.2) is 13.1 Å². The molecule has 0 saturated heterocycles. The summed E-state index contributed by atoms with van der Waals surface area (Å²) in [6.45, 7) is 4.95. The van der Waals surface area contributed by atoms with Gasteiger partial charge >= 0.3 is 57.4 Å². The molecule has 0 aliphatic heterocycles. The minimum absolute atomic E-state index is 0. The van der Waals surface area contributed by atoms with Crippen molar-refractivity contribution in [3.05, 3.63) is 12.2 Å². The molecule has 0 rings (SSSR count). The van der Waals surface area contributed by atoms with E-state index in [1.807, 2.05) is 0 Å². The summed E-state index contributed by atoms with van der Waals surface area (Å²) in [6, 6.07) is 0. The van der Waals surface area contributed by atoms with Crippen LogP contribution in [0.3, 0.4) is 0 Å². The van der Waals surface area contributed by atoms with Crippen molar-refractivity contribution >= 4 is 5.97 Å². The number of methoxy groups -OCH3 is 1. The Bertz CT molecular complexity index is 103. The number of hydrogen-bond acceptors (Lipinski definition) is 2. The molecular formula is C5H9KO2. The summed E-state index contributed by atoms with van der Waals surface area (Å²) in [6.07, 6.45) is 0. The van der Waals surface area contributed by atoms with Crippen LogP contribution in [0.1, 0.15) is 8.35 Å². The van der Waals surface area contributed by atoms with E-state index in [1.165, 1.54) is 7.11 Å². The molecule has 0 aromatic rings. The number of carbonyl (C=O) groups is 1. The van der Waals surface area contributed by atoms with Gasteiger partial charge in [0.2, 0.25) is 0 Å². The molecule has 0 aliphatic carbocycles. The van der Waals surface area contributed by atoms with Crippen LogP contribution in [0.25, 0.3) is 0 Å². The molecule has 0 heterocycles. The van der Waals surface area contributed by atoms with Gasteiger partial charge in [-0.3, -0.25) is 0 Å². The van der Waals surface area contributed by atoms with Crippen LogP contribution in [0.2, 0.25) is 0 Å². The Labute approximate surface area is 93.2 Å². The predicted octanol–water partition coefficient (Wildman–Crippen LogP) is -2.15. The number of rotatable bonds is 1. The molecule has 0 fully saturated rings. The summed E-state index contributed by atoms with van der Waals surface area (Å²) in [5, 5.41) is 0. The first-order valence-corrected chi connectivity index (χ1v) is 1.92. The molecule has 42 valence electrons. The number of esters is 1. The van der Waals surface area contributed by atoms with E-state index in [-0.39, 0.29) is 58.8 Å². The van der Waals surface area contributed by atoms with Crippen molar-refractivity contribution < 1.29 is 62.3 Å². The average Bonchev–Trinajstić information content (AvgIpc) is 1.65. The van der Waals surface area contributed by atoms with Gasteiger partial charge in [-0.15, -0.1) is 0 Å². The van der Waals surface area contributed by atoms with E-state index in [4.69, 9.17) is 0 Å². The monoisotopic (exact) mass is 140 g/mol. The van der Waals surface area contributed by atoms with E-state index >= 15 is 0 Å². The van der Waals surface area contributed by atoms with Gasteiger partial charge in [-0.2, -0.15) is 0 Å². The fraction of sp³-hybridized carbons (Fsp3) is 0.400. The molecule has 3 heteroatoms. The molecule has 0 saturated carbocycles. The van der Waals surface area contributed by atoms with Gasteiger partial charge < -0.3 is 6.16 Å². The fourth-order valence-electron chi connectivity index (χ4n) is 0.174. The summed E-state index contributed by atoms with van der Waals surface area (Å²) in [4.78, 5) is 10.2. The molecule has 0 spiro atoms. The van der Waals surface area contributed by atoms with Crippen molar-refractivity contribution in [2.45, 2.75) is 6.92 Å². The van der Waals surface area contributed by atoms with Crippen LogP contribution in [0.4, 0.5) is 0 Å². The van der Waals surface area contributed by atoms with Gasteiger partial charge in [-0.1, -0.05) is 6.58 Å². The van der Waals surface area contributed by atoms with Crippen molar-refractivity contribution in [1.29, 1.82) is 0 Å². The van der Waals surface area contributed by atoms with Crippen molar-refractivity contribution in [1.82, 2.24) is 0 Å². The first kappa shape index (κ1) is 11.6.